The molecule has 0 amide bonds. The van der Waals surface area contributed by atoms with Crippen LogP contribution in [0, 0.1) is 13.8 Å². The summed E-state index contributed by atoms with van der Waals surface area (Å²) in [7, 11) is -3.76. The Labute approximate surface area is 180 Å². The molecular weight excluding hydrogens is 425 g/mol. The minimum atomic E-state index is -3.76. The van der Waals surface area contributed by atoms with Gasteiger partial charge in [-0.1, -0.05) is 65.2 Å². The van der Waals surface area contributed by atoms with Gasteiger partial charge in [0.15, 0.2) is 9.84 Å². The van der Waals surface area contributed by atoms with Crippen LogP contribution in [0.1, 0.15) is 27.6 Å². The number of hydrogen-bond donors (Lipinski definition) is 1. The summed E-state index contributed by atoms with van der Waals surface area (Å²) in [5, 5.41) is 0.663. The first-order chi connectivity index (χ1) is 13.8. The van der Waals surface area contributed by atoms with Gasteiger partial charge in [-0.05, 0) is 49.7 Å². The Morgan fingerprint density at radius 1 is 0.862 bits per heavy atom. The van der Waals surface area contributed by atoms with Crippen LogP contribution in [0.15, 0.2) is 71.6 Å². The van der Waals surface area contributed by atoms with Crippen LogP contribution in [-0.4, -0.2) is 13.4 Å². The highest BCUT2D eigenvalue weighted by Gasteiger charge is 2.34. The molecule has 0 spiro atoms. The Morgan fingerprint density at radius 3 is 2.24 bits per heavy atom. The molecule has 3 nitrogen and oxygen atoms in total. The van der Waals surface area contributed by atoms with Crippen LogP contribution in [0.3, 0.4) is 0 Å². The Kier molecular flexibility index (Phi) is 5.19. The van der Waals surface area contributed by atoms with Gasteiger partial charge in [-0.25, -0.2) is 8.42 Å². The molecule has 0 aliphatic rings. The molecule has 6 heteroatoms. The van der Waals surface area contributed by atoms with Crippen LogP contribution in [0.4, 0.5) is 0 Å². The molecular formula is C23H19Cl2NO2S. The average Bonchev–Trinajstić information content (AvgIpc) is 3.01. The predicted octanol–water partition coefficient (Wildman–Crippen LogP) is 6.65. The van der Waals surface area contributed by atoms with Crippen molar-refractivity contribution >= 4 is 43.9 Å². The minimum absolute atomic E-state index is 0.267. The summed E-state index contributed by atoms with van der Waals surface area (Å²) < 4.78 is 27.7. The van der Waals surface area contributed by atoms with Crippen LogP contribution < -0.4 is 0 Å². The molecule has 4 rings (SSSR count). The van der Waals surface area contributed by atoms with E-state index in [0.717, 1.165) is 27.7 Å². The fraction of sp³-hybridized carbons (Fsp3) is 0.130. The molecule has 0 aliphatic heterocycles. The van der Waals surface area contributed by atoms with Gasteiger partial charge in [0.05, 0.1) is 14.9 Å². The lowest BCUT2D eigenvalue weighted by Gasteiger charge is -2.20. The fourth-order valence-electron chi connectivity index (χ4n) is 3.68. The smallest absolute Gasteiger partial charge is 0.189 e. The molecule has 0 fully saturated rings. The summed E-state index contributed by atoms with van der Waals surface area (Å²) >= 11 is 12.4. The number of para-hydroxylation sites is 1. The number of benzene rings is 3. The number of rotatable bonds is 4. The monoisotopic (exact) mass is 443 g/mol. The second-order valence-electron chi connectivity index (χ2n) is 7.12. The van der Waals surface area contributed by atoms with E-state index in [0.29, 0.717) is 15.6 Å². The van der Waals surface area contributed by atoms with Gasteiger partial charge >= 0.3 is 0 Å². The first-order valence-corrected chi connectivity index (χ1v) is 11.4. The molecule has 1 unspecified atom stereocenters. The summed E-state index contributed by atoms with van der Waals surface area (Å²) in [6, 6.07) is 19.6. The van der Waals surface area contributed by atoms with E-state index in [9.17, 15) is 8.42 Å². The van der Waals surface area contributed by atoms with E-state index in [-0.39, 0.29) is 4.90 Å². The maximum atomic E-state index is 13.8. The Balaban J connectivity index is 2.03. The average molecular weight is 444 g/mol. The molecule has 3 aromatic carbocycles. The van der Waals surface area contributed by atoms with Gasteiger partial charge in [0.2, 0.25) is 0 Å². The summed E-state index contributed by atoms with van der Waals surface area (Å²) in [6.45, 7) is 3.82. The number of aromatic amines is 1. The number of aromatic nitrogens is 1. The maximum Gasteiger partial charge on any atom is 0.189 e. The Bertz CT molecular complexity index is 1310. The third-order valence-corrected chi connectivity index (χ3v) is 7.91. The van der Waals surface area contributed by atoms with E-state index in [4.69, 9.17) is 23.2 Å². The standard InChI is InChI=1S/C23H19Cl2NO2S/c1-14-7-10-17(11-8-14)29(27,28)23(16-9-12-19(24)20(25)13-16)22-15(2)26-21-6-4-3-5-18(21)22/h3-13,23,26H,1-2H3. The second-order valence-corrected chi connectivity index (χ2v) is 9.97. The van der Waals surface area contributed by atoms with Crippen molar-refractivity contribution in [1.82, 2.24) is 4.98 Å². The number of H-pyrrole nitrogens is 1. The van der Waals surface area contributed by atoms with E-state index in [1.54, 1.807) is 42.5 Å². The van der Waals surface area contributed by atoms with Crippen molar-refractivity contribution in [2.45, 2.75) is 24.0 Å². The molecule has 0 saturated heterocycles. The number of hydrogen-bond acceptors (Lipinski definition) is 2. The molecule has 1 atom stereocenters. The van der Waals surface area contributed by atoms with Crippen LogP contribution >= 0.6 is 23.2 Å². The molecule has 4 aromatic rings. The van der Waals surface area contributed by atoms with Crippen molar-refractivity contribution in [3.63, 3.8) is 0 Å². The summed E-state index contributed by atoms with van der Waals surface area (Å²) in [6.07, 6.45) is 0. The lowest BCUT2D eigenvalue weighted by atomic mass is 10.0. The Morgan fingerprint density at radius 2 is 1.55 bits per heavy atom. The van der Waals surface area contributed by atoms with E-state index < -0.39 is 15.1 Å². The first kappa shape index (κ1) is 20.0. The number of halogens is 2. The van der Waals surface area contributed by atoms with Gasteiger partial charge < -0.3 is 4.98 Å². The third kappa shape index (κ3) is 3.57. The van der Waals surface area contributed by atoms with Crippen LogP contribution in [0.2, 0.25) is 10.0 Å². The highest BCUT2D eigenvalue weighted by Crippen LogP contribution is 2.41. The van der Waals surface area contributed by atoms with Gasteiger partial charge in [0.25, 0.3) is 0 Å². The van der Waals surface area contributed by atoms with E-state index in [2.05, 4.69) is 4.98 Å². The zero-order chi connectivity index (χ0) is 20.8. The SMILES string of the molecule is Cc1ccc(S(=O)(=O)C(c2ccc(Cl)c(Cl)c2)c2c(C)[nH]c3ccccc23)cc1. The van der Waals surface area contributed by atoms with Gasteiger partial charge in [-0.3, -0.25) is 0 Å². The van der Waals surface area contributed by atoms with E-state index in [1.807, 2.05) is 38.1 Å². The van der Waals surface area contributed by atoms with E-state index in [1.165, 1.54) is 0 Å². The van der Waals surface area contributed by atoms with Crippen molar-refractivity contribution in [3.8, 4) is 0 Å². The molecule has 0 aliphatic carbocycles. The number of sulfone groups is 1. The molecule has 148 valence electrons. The van der Waals surface area contributed by atoms with Crippen LogP contribution in [0.25, 0.3) is 10.9 Å². The highest BCUT2D eigenvalue weighted by molar-refractivity contribution is 7.92. The summed E-state index contributed by atoms with van der Waals surface area (Å²) in [4.78, 5) is 3.58. The molecule has 0 radical (unpaired) electrons. The van der Waals surface area contributed by atoms with Crippen molar-refractivity contribution < 1.29 is 8.42 Å². The summed E-state index contributed by atoms with van der Waals surface area (Å²) in [5.41, 5.74) is 3.99. The number of fused-ring (bicyclic) bond motifs is 1. The quantitative estimate of drug-likeness (QED) is 0.383. The second kappa shape index (κ2) is 7.52. The zero-order valence-corrected chi connectivity index (χ0v) is 18.2. The third-order valence-electron chi connectivity index (χ3n) is 5.11. The fourth-order valence-corrected chi connectivity index (χ4v) is 5.89. The number of nitrogens with one attached hydrogen (secondary N) is 1. The van der Waals surface area contributed by atoms with Gasteiger partial charge in [0.1, 0.15) is 5.25 Å². The largest absolute Gasteiger partial charge is 0.358 e. The highest BCUT2D eigenvalue weighted by atomic mass is 35.5. The maximum absolute atomic E-state index is 13.8. The van der Waals surface area contributed by atoms with Crippen LogP contribution in [0.5, 0.6) is 0 Å². The van der Waals surface area contributed by atoms with Gasteiger partial charge in [-0.15, -0.1) is 0 Å². The number of aryl methyl sites for hydroxylation is 2. The lowest BCUT2D eigenvalue weighted by molar-refractivity contribution is 0.589. The normalized spacial score (nSPS) is 13.0. The molecule has 1 aromatic heterocycles. The minimum Gasteiger partial charge on any atom is -0.358 e. The van der Waals surface area contributed by atoms with Gasteiger partial charge in [-0.2, -0.15) is 0 Å². The molecule has 0 bridgehead atoms. The van der Waals surface area contributed by atoms with Crippen LogP contribution in [-0.2, 0) is 9.84 Å². The van der Waals surface area contributed by atoms with Crippen molar-refractivity contribution in [2.75, 3.05) is 0 Å². The lowest BCUT2D eigenvalue weighted by Crippen LogP contribution is -2.16. The van der Waals surface area contributed by atoms with Crippen molar-refractivity contribution in [2.24, 2.45) is 0 Å². The first-order valence-electron chi connectivity index (χ1n) is 9.12. The van der Waals surface area contributed by atoms with Crippen molar-refractivity contribution in [1.29, 1.82) is 0 Å². The van der Waals surface area contributed by atoms with Gasteiger partial charge in [0, 0.05) is 22.2 Å². The Hall–Kier alpha value is -2.27. The molecule has 0 saturated carbocycles. The van der Waals surface area contributed by atoms with E-state index >= 15 is 0 Å². The van der Waals surface area contributed by atoms with Crippen molar-refractivity contribution in [3.05, 3.63) is 99.2 Å². The topological polar surface area (TPSA) is 49.9 Å². The molecule has 1 N–H and O–H groups in total. The molecule has 29 heavy (non-hydrogen) atoms. The predicted molar refractivity (Wildman–Crippen MR) is 120 cm³/mol. The summed E-state index contributed by atoms with van der Waals surface area (Å²) in [5.74, 6) is 0. The molecule has 1 heterocycles. The zero-order valence-electron chi connectivity index (χ0n) is 15.9.